The van der Waals surface area contributed by atoms with E-state index in [1.165, 1.54) is 51.4 Å². The quantitative estimate of drug-likeness (QED) is 0.510. The fraction of sp³-hybridized carbons (Fsp3) is 0.583. The van der Waals surface area contributed by atoms with E-state index in [2.05, 4.69) is 29.0 Å². The van der Waals surface area contributed by atoms with Crippen LogP contribution in [0.3, 0.4) is 0 Å². The van der Waals surface area contributed by atoms with Crippen LogP contribution in [-0.4, -0.2) is 16.6 Å². The van der Waals surface area contributed by atoms with Gasteiger partial charge in [-0.2, -0.15) is 0 Å². The molecule has 3 rings (SSSR count). The number of hydrogen-bond acceptors (Lipinski definition) is 3. The summed E-state index contributed by atoms with van der Waals surface area (Å²) in [4.78, 5) is 9.22. The normalized spacial score (nSPS) is 19.8. The maximum Gasteiger partial charge on any atom is 0.128 e. The fourth-order valence-corrected chi connectivity index (χ4v) is 4.18. The highest BCUT2D eigenvalue weighted by Gasteiger charge is 2.20. The van der Waals surface area contributed by atoms with Crippen LogP contribution in [0.1, 0.15) is 71.0 Å². The van der Waals surface area contributed by atoms with Gasteiger partial charge in [0.25, 0.3) is 0 Å². The summed E-state index contributed by atoms with van der Waals surface area (Å²) in [7, 11) is 0. The molecule has 1 aliphatic carbocycles. The minimum atomic E-state index is 0.692. The lowest BCUT2D eigenvalue weighted by Crippen LogP contribution is -2.15. The van der Waals surface area contributed by atoms with Crippen LogP contribution in [0, 0.1) is 11.8 Å². The van der Waals surface area contributed by atoms with Crippen LogP contribution < -0.4 is 4.74 Å². The van der Waals surface area contributed by atoms with Crippen molar-refractivity contribution in [1.29, 1.82) is 0 Å². The van der Waals surface area contributed by atoms with Crippen molar-refractivity contribution in [3.63, 3.8) is 0 Å². The molecule has 0 aliphatic heterocycles. The van der Waals surface area contributed by atoms with Crippen molar-refractivity contribution in [3.8, 4) is 16.9 Å². The van der Waals surface area contributed by atoms with Gasteiger partial charge in [0, 0.05) is 24.4 Å². The van der Waals surface area contributed by atoms with Gasteiger partial charge in [-0.05, 0) is 42.9 Å². The van der Waals surface area contributed by atoms with Gasteiger partial charge in [-0.3, -0.25) is 0 Å². The predicted molar refractivity (Wildman–Crippen MR) is 112 cm³/mol. The second-order valence-corrected chi connectivity index (χ2v) is 7.91. The van der Waals surface area contributed by atoms with Crippen molar-refractivity contribution < 1.29 is 4.74 Å². The lowest BCUT2D eigenvalue weighted by atomic mass is 9.78. The average molecular weight is 367 g/mol. The van der Waals surface area contributed by atoms with Crippen LogP contribution in [-0.2, 0) is 6.42 Å². The summed E-state index contributed by atoms with van der Waals surface area (Å²) in [5.41, 5.74) is 2.20. The zero-order valence-corrected chi connectivity index (χ0v) is 17.0. The van der Waals surface area contributed by atoms with E-state index in [1.807, 2.05) is 31.5 Å². The summed E-state index contributed by atoms with van der Waals surface area (Å²) in [5, 5.41) is 0. The predicted octanol–water partition coefficient (Wildman–Crippen LogP) is 6.47. The summed E-state index contributed by atoms with van der Waals surface area (Å²) >= 11 is 0. The number of aromatic nitrogens is 2. The standard InChI is InChI=1S/C24H34N2O/c1-3-5-6-19-7-9-20(10-8-19)11-16-24-25-17-22(18-26-24)21-12-14-23(15-13-21)27-4-2/h12-15,17-20H,3-11,16H2,1-2H3/t19-,20-. The van der Waals surface area contributed by atoms with Crippen LogP contribution in [0.5, 0.6) is 5.75 Å². The average Bonchev–Trinajstić information content (AvgIpc) is 2.73. The molecule has 0 spiro atoms. The SMILES string of the molecule is CCCC[C@H]1CC[C@H](CCc2ncc(-c3ccc(OCC)cc3)cn2)CC1. The highest BCUT2D eigenvalue weighted by atomic mass is 16.5. The highest BCUT2D eigenvalue weighted by Crippen LogP contribution is 2.34. The third kappa shape index (κ3) is 6.05. The van der Waals surface area contributed by atoms with Crippen molar-refractivity contribution in [2.45, 2.75) is 71.6 Å². The van der Waals surface area contributed by atoms with Crippen molar-refractivity contribution in [3.05, 3.63) is 42.5 Å². The molecule has 0 amide bonds. The molecule has 3 nitrogen and oxygen atoms in total. The largest absolute Gasteiger partial charge is 0.494 e. The molecule has 27 heavy (non-hydrogen) atoms. The van der Waals surface area contributed by atoms with Crippen molar-refractivity contribution in [2.24, 2.45) is 11.8 Å². The molecule has 1 aliphatic rings. The van der Waals surface area contributed by atoms with Gasteiger partial charge in [-0.15, -0.1) is 0 Å². The first kappa shape index (κ1) is 19.9. The molecule has 1 aromatic heterocycles. The Morgan fingerprint density at radius 2 is 1.48 bits per heavy atom. The smallest absolute Gasteiger partial charge is 0.128 e. The van der Waals surface area contributed by atoms with E-state index in [0.29, 0.717) is 6.61 Å². The maximum atomic E-state index is 5.50. The van der Waals surface area contributed by atoms with Crippen LogP contribution >= 0.6 is 0 Å². The molecule has 1 fully saturated rings. The Balaban J connectivity index is 1.45. The van der Waals surface area contributed by atoms with E-state index in [9.17, 15) is 0 Å². The topological polar surface area (TPSA) is 35.0 Å². The molecule has 0 atom stereocenters. The Hall–Kier alpha value is -1.90. The molecule has 0 saturated heterocycles. The molecule has 3 heteroatoms. The van der Waals surface area contributed by atoms with Gasteiger partial charge in [-0.1, -0.05) is 64.0 Å². The van der Waals surface area contributed by atoms with Crippen LogP contribution in [0.15, 0.2) is 36.7 Å². The Bertz CT molecular complexity index is 658. The van der Waals surface area contributed by atoms with Gasteiger partial charge in [0.15, 0.2) is 0 Å². The second kappa shape index (κ2) is 10.4. The molecule has 0 bridgehead atoms. The van der Waals surface area contributed by atoms with Crippen molar-refractivity contribution in [1.82, 2.24) is 9.97 Å². The second-order valence-electron chi connectivity index (χ2n) is 7.91. The molecule has 0 N–H and O–H groups in total. The van der Waals surface area contributed by atoms with Gasteiger partial charge in [0.2, 0.25) is 0 Å². The van der Waals surface area contributed by atoms with E-state index >= 15 is 0 Å². The minimum absolute atomic E-state index is 0.692. The third-order valence-electron chi connectivity index (χ3n) is 5.91. The first-order chi connectivity index (χ1) is 13.3. The Morgan fingerprint density at radius 1 is 0.852 bits per heavy atom. The lowest BCUT2D eigenvalue weighted by Gasteiger charge is -2.28. The van der Waals surface area contributed by atoms with Gasteiger partial charge in [0.1, 0.15) is 11.6 Å². The summed E-state index contributed by atoms with van der Waals surface area (Å²) in [6, 6.07) is 8.15. The van der Waals surface area contributed by atoms with Crippen LogP contribution in [0.2, 0.25) is 0 Å². The lowest BCUT2D eigenvalue weighted by molar-refractivity contribution is 0.249. The summed E-state index contributed by atoms with van der Waals surface area (Å²) in [5.74, 6) is 3.75. The molecular weight excluding hydrogens is 332 g/mol. The Kier molecular flexibility index (Phi) is 7.67. The van der Waals surface area contributed by atoms with E-state index in [4.69, 9.17) is 4.74 Å². The Morgan fingerprint density at radius 3 is 2.07 bits per heavy atom. The van der Waals surface area contributed by atoms with Gasteiger partial charge < -0.3 is 4.74 Å². The summed E-state index contributed by atoms with van der Waals surface area (Å²) in [6.07, 6.45) is 16.0. The first-order valence-corrected chi connectivity index (χ1v) is 10.8. The zero-order valence-electron chi connectivity index (χ0n) is 17.0. The van der Waals surface area contributed by atoms with E-state index in [-0.39, 0.29) is 0 Å². The van der Waals surface area contributed by atoms with Gasteiger partial charge in [-0.25, -0.2) is 9.97 Å². The van der Waals surface area contributed by atoms with Crippen molar-refractivity contribution in [2.75, 3.05) is 6.61 Å². The van der Waals surface area contributed by atoms with Gasteiger partial charge >= 0.3 is 0 Å². The summed E-state index contributed by atoms with van der Waals surface area (Å²) in [6.45, 7) is 4.99. The van der Waals surface area contributed by atoms with E-state index in [1.54, 1.807) is 0 Å². The van der Waals surface area contributed by atoms with Crippen LogP contribution in [0.25, 0.3) is 11.1 Å². The number of ether oxygens (including phenoxy) is 1. The van der Waals surface area contributed by atoms with Crippen LogP contribution in [0.4, 0.5) is 0 Å². The van der Waals surface area contributed by atoms with E-state index < -0.39 is 0 Å². The fourth-order valence-electron chi connectivity index (χ4n) is 4.18. The minimum Gasteiger partial charge on any atom is -0.494 e. The molecule has 2 aromatic rings. The first-order valence-electron chi connectivity index (χ1n) is 10.8. The van der Waals surface area contributed by atoms with Gasteiger partial charge in [0.05, 0.1) is 6.61 Å². The number of unbranched alkanes of at least 4 members (excludes halogenated alkanes) is 1. The molecular formula is C24H34N2O. The molecule has 1 aromatic carbocycles. The molecule has 0 unspecified atom stereocenters. The Labute approximate surface area is 164 Å². The molecule has 146 valence electrons. The number of hydrogen-bond donors (Lipinski definition) is 0. The molecule has 1 saturated carbocycles. The molecule has 1 heterocycles. The van der Waals surface area contributed by atoms with E-state index in [0.717, 1.165) is 41.0 Å². The highest BCUT2D eigenvalue weighted by molar-refractivity contribution is 5.62. The van der Waals surface area contributed by atoms with Crippen molar-refractivity contribution >= 4 is 0 Å². The number of nitrogens with zero attached hydrogens (tertiary/aromatic N) is 2. The number of benzene rings is 1. The maximum absolute atomic E-state index is 5.50. The number of aryl methyl sites for hydroxylation is 1. The molecule has 0 radical (unpaired) electrons. The summed E-state index contributed by atoms with van der Waals surface area (Å²) < 4.78 is 5.50. The third-order valence-corrected chi connectivity index (χ3v) is 5.91. The zero-order chi connectivity index (χ0) is 18.9. The monoisotopic (exact) mass is 366 g/mol. The number of rotatable bonds is 9.